The van der Waals surface area contributed by atoms with Gasteiger partial charge in [-0.1, -0.05) is 35.4 Å². The van der Waals surface area contributed by atoms with Gasteiger partial charge in [-0.3, -0.25) is 0 Å². The summed E-state index contributed by atoms with van der Waals surface area (Å²) in [7, 11) is 7.38. The lowest BCUT2D eigenvalue weighted by atomic mass is 9.37. The van der Waals surface area contributed by atoms with Crippen LogP contribution in [0.25, 0.3) is 0 Å². The van der Waals surface area contributed by atoms with Crippen LogP contribution in [0.2, 0.25) is 0 Å². The summed E-state index contributed by atoms with van der Waals surface area (Å²) in [4.78, 5) is 2.53. The van der Waals surface area contributed by atoms with Gasteiger partial charge in [-0.2, -0.15) is 0 Å². The largest absolute Gasteiger partial charge is 0.495 e. The van der Waals surface area contributed by atoms with Crippen LogP contribution in [-0.4, -0.2) is 67.8 Å². The number of piperidine rings is 1. The number of ether oxygens (including phenoxy) is 4. The van der Waals surface area contributed by atoms with E-state index in [1.54, 1.807) is 21.3 Å². The Morgan fingerprint density at radius 2 is 1.87 bits per heavy atom. The van der Waals surface area contributed by atoms with Gasteiger partial charge in [-0.15, -0.1) is 5.10 Å². The van der Waals surface area contributed by atoms with E-state index in [1.807, 2.05) is 24.3 Å². The highest BCUT2D eigenvalue weighted by Gasteiger charge is 2.79. The maximum atomic E-state index is 7.00. The second-order valence-electron chi connectivity index (χ2n) is 11.5. The highest BCUT2D eigenvalue weighted by atomic mass is 16.6. The molecule has 202 valence electrons. The van der Waals surface area contributed by atoms with E-state index in [4.69, 9.17) is 23.4 Å². The molecule has 1 N–H and O–H groups in total. The maximum absolute atomic E-state index is 7.00. The number of nitrogens with one attached hydrogen (secondary N) is 1. The third-order valence-electron chi connectivity index (χ3n) is 10.4. The summed E-state index contributed by atoms with van der Waals surface area (Å²) in [6.45, 7) is 1.01. The quantitative estimate of drug-likeness (QED) is 0.472. The minimum Gasteiger partial charge on any atom is -0.495 e. The zero-order valence-corrected chi connectivity index (χ0v) is 22.6. The highest BCUT2D eigenvalue weighted by Crippen LogP contribution is 2.75. The van der Waals surface area contributed by atoms with Crippen LogP contribution in [0, 0.1) is 5.41 Å². The molecule has 3 heterocycles. The topological polar surface area (TPSA) is 91.1 Å². The molecule has 2 spiro atoms. The van der Waals surface area contributed by atoms with Crippen LogP contribution in [0.3, 0.4) is 0 Å². The monoisotopic (exact) mass is 528 g/mol. The van der Waals surface area contributed by atoms with Crippen LogP contribution in [0.1, 0.15) is 35.8 Å². The zero-order chi connectivity index (χ0) is 26.6. The van der Waals surface area contributed by atoms with E-state index in [2.05, 4.69) is 51.7 Å². The molecule has 9 heteroatoms. The average Bonchev–Trinajstić information content (AvgIpc) is 3.58. The van der Waals surface area contributed by atoms with Crippen molar-refractivity contribution in [1.29, 1.82) is 0 Å². The summed E-state index contributed by atoms with van der Waals surface area (Å²) in [6, 6.07) is 12.6. The number of nitrogens with zero attached hydrogens (tertiary/aromatic N) is 3. The number of likely N-dealkylation sites (tertiary alicyclic amines) is 1. The van der Waals surface area contributed by atoms with Gasteiger partial charge in [0.2, 0.25) is 5.89 Å². The molecule has 2 aliphatic heterocycles. The Labute approximate surface area is 227 Å². The summed E-state index contributed by atoms with van der Waals surface area (Å²) in [5.41, 5.74) is 2.31. The number of likely N-dealkylation sites (N-methyl/N-ethyl adjacent to an activating group) is 1. The van der Waals surface area contributed by atoms with Crippen molar-refractivity contribution in [2.24, 2.45) is 5.41 Å². The predicted octanol–water partition coefficient (Wildman–Crippen LogP) is 4.22. The maximum Gasteiger partial charge on any atom is 0.320 e. The van der Waals surface area contributed by atoms with Crippen molar-refractivity contribution in [3.05, 3.63) is 65.6 Å². The van der Waals surface area contributed by atoms with Gasteiger partial charge in [0.05, 0.1) is 31.2 Å². The predicted molar refractivity (Wildman–Crippen MR) is 143 cm³/mol. The van der Waals surface area contributed by atoms with E-state index in [0.29, 0.717) is 23.7 Å². The van der Waals surface area contributed by atoms with E-state index >= 15 is 0 Å². The van der Waals surface area contributed by atoms with Crippen molar-refractivity contribution in [3.63, 3.8) is 0 Å². The molecule has 6 aliphatic rings. The van der Waals surface area contributed by atoms with Crippen molar-refractivity contribution >= 4 is 11.7 Å². The summed E-state index contributed by atoms with van der Waals surface area (Å²) < 4.78 is 31.1. The van der Waals surface area contributed by atoms with Crippen LogP contribution < -0.4 is 19.5 Å². The van der Waals surface area contributed by atoms with Crippen molar-refractivity contribution in [2.75, 3.05) is 40.2 Å². The average molecular weight is 529 g/mol. The normalized spacial score (nSPS) is 34.9. The van der Waals surface area contributed by atoms with Gasteiger partial charge in [0.25, 0.3) is 0 Å². The number of anilines is 2. The smallest absolute Gasteiger partial charge is 0.320 e. The summed E-state index contributed by atoms with van der Waals surface area (Å²) in [6.07, 6.45) is 7.22. The van der Waals surface area contributed by atoms with Crippen molar-refractivity contribution < 1.29 is 23.4 Å². The number of methoxy groups -OCH3 is 3. The third kappa shape index (κ3) is 2.63. The Hall–Kier alpha value is -3.56. The van der Waals surface area contributed by atoms with Crippen molar-refractivity contribution in [2.45, 2.75) is 48.3 Å². The summed E-state index contributed by atoms with van der Waals surface area (Å²) in [5, 5.41) is 12.2. The Balaban J connectivity index is 1.27. The number of benzene rings is 2. The molecule has 9 nitrogen and oxygen atoms in total. The lowest BCUT2D eigenvalue weighted by Gasteiger charge is -2.70. The first-order chi connectivity index (χ1) is 19.0. The third-order valence-corrected chi connectivity index (χ3v) is 10.4. The number of hydrogen-bond acceptors (Lipinski definition) is 9. The number of para-hydroxylation sites is 2. The number of aromatic nitrogens is 2. The summed E-state index contributed by atoms with van der Waals surface area (Å²) >= 11 is 0. The molecular weight excluding hydrogens is 496 g/mol. The standard InChI is InChI=1S/C30H32N4O5/c1-34-14-13-29-23-17-9-10-21(36-3)24(23)38-26(29)30(37-4)12-11-28(29,22(34)15-17)16-18(30)25-32-33-27(39-25)31-19-7-5-6-8-20(19)35-2/h5-12,18,22,26H,13-16H2,1-4H3,(H,31,33)/t18-,22-,26-,28-,29+,30-/m1/s1. The van der Waals surface area contributed by atoms with Crippen molar-refractivity contribution in [1.82, 2.24) is 15.1 Å². The van der Waals surface area contributed by atoms with Gasteiger partial charge in [-0.05, 0) is 56.6 Å². The molecule has 2 aromatic carbocycles. The Bertz CT molecular complexity index is 1520. The fraction of sp³-hybridized carbons (Fsp3) is 0.467. The number of rotatable bonds is 6. The molecule has 4 bridgehead atoms. The van der Waals surface area contributed by atoms with Gasteiger partial charge in [0, 0.05) is 24.1 Å². The molecule has 1 aromatic heterocycles. The van der Waals surface area contributed by atoms with Crippen LogP contribution in [0.15, 0.2) is 53.0 Å². The first kappa shape index (κ1) is 23.3. The van der Waals surface area contributed by atoms with E-state index in [-0.39, 0.29) is 22.9 Å². The molecule has 2 fully saturated rings. The molecule has 1 saturated carbocycles. The molecule has 6 atom stereocenters. The molecule has 3 aromatic rings. The number of hydrogen-bond donors (Lipinski definition) is 1. The van der Waals surface area contributed by atoms with Crippen LogP contribution in [0.5, 0.6) is 17.2 Å². The molecule has 39 heavy (non-hydrogen) atoms. The molecule has 9 rings (SSSR count). The molecule has 0 unspecified atom stereocenters. The number of fused-ring (bicyclic) bond motifs is 1. The second-order valence-corrected chi connectivity index (χ2v) is 11.5. The zero-order valence-electron chi connectivity index (χ0n) is 22.6. The molecule has 0 radical (unpaired) electrons. The minimum absolute atomic E-state index is 0.162. The molecular formula is C30H32N4O5. The van der Waals surface area contributed by atoms with Crippen LogP contribution >= 0.6 is 0 Å². The molecule has 1 saturated heterocycles. The summed E-state index contributed by atoms with van der Waals surface area (Å²) in [5.74, 6) is 2.73. The SMILES string of the molecule is COc1ccccc1Nc1nnc([C@H]2C[C@@]34C=C[C@]2(OC)[C@@H]2Oc5c(OC)ccc6c5[C@@]23CCN(C)[C@@H]4C6)o1. The van der Waals surface area contributed by atoms with Gasteiger partial charge < -0.3 is 33.6 Å². The fourth-order valence-electron chi connectivity index (χ4n) is 8.77. The second kappa shape index (κ2) is 7.76. The van der Waals surface area contributed by atoms with E-state index in [0.717, 1.165) is 43.0 Å². The Morgan fingerprint density at radius 1 is 1.03 bits per heavy atom. The van der Waals surface area contributed by atoms with Crippen LogP contribution in [-0.2, 0) is 16.6 Å². The van der Waals surface area contributed by atoms with Gasteiger partial charge in [-0.25, -0.2) is 0 Å². The van der Waals surface area contributed by atoms with E-state index < -0.39 is 5.60 Å². The minimum atomic E-state index is -0.769. The van der Waals surface area contributed by atoms with E-state index in [9.17, 15) is 0 Å². The first-order valence-corrected chi connectivity index (χ1v) is 13.6. The van der Waals surface area contributed by atoms with Gasteiger partial charge >= 0.3 is 6.01 Å². The van der Waals surface area contributed by atoms with Crippen molar-refractivity contribution in [3.8, 4) is 17.2 Å². The first-order valence-electron chi connectivity index (χ1n) is 13.6. The van der Waals surface area contributed by atoms with Gasteiger partial charge in [0.15, 0.2) is 11.5 Å². The lowest BCUT2D eigenvalue weighted by molar-refractivity contribution is -0.200. The lowest BCUT2D eigenvalue weighted by Crippen LogP contribution is -2.78. The Morgan fingerprint density at radius 3 is 2.69 bits per heavy atom. The molecule has 4 aliphatic carbocycles. The Kier molecular flexibility index (Phi) is 4.64. The highest BCUT2D eigenvalue weighted by molar-refractivity contribution is 5.66. The molecule has 0 amide bonds. The van der Waals surface area contributed by atoms with E-state index in [1.165, 1.54) is 11.1 Å². The fourth-order valence-corrected chi connectivity index (χ4v) is 8.77. The van der Waals surface area contributed by atoms with Crippen LogP contribution in [0.4, 0.5) is 11.7 Å². The van der Waals surface area contributed by atoms with Gasteiger partial charge in [0.1, 0.15) is 17.5 Å².